The Kier molecular flexibility index (Phi) is 27.8. The van der Waals surface area contributed by atoms with E-state index in [1.807, 2.05) is 0 Å². The second kappa shape index (κ2) is 33.0. The Bertz CT molecular complexity index is 2070. The molecule has 0 bridgehead atoms. The molecule has 42 heteroatoms. The van der Waals surface area contributed by atoms with Crippen LogP contribution < -0.4 is 0 Å². The number of ether oxygens (including phenoxy) is 14. The molecule has 8 saturated heterocycles. The summed E-state index contributed by atoms with van der Waals surface area (Å²) in [5, 5.41) is 286. The van der Waals surface area contributed by atoms with Gasteiger partial charge < -0.3 is 209 Å². The van der Waals surface area contributed by atoms with Crippen molar-refractivity contribution in [1.82, 2.24) is 0 Å². The second-order valence-corrected chi connectivity index (χ2v) is 22.3. The Hall–Kier alpha value is -1.68. The number of aliphatic hydroxyl groups is 28. The topological polar surface area (TPSA) is 696 Å². The normalized spacial score (nSPS) is 52.9. The van der Waals surface area contributed by atoms with Gasteiger partial charge in [0, 0.05) is 0 Å². The summed E-state index contributed by atoms with van der Waals surface area (Å²) in [5.74, 6) is 0. The first-order valence-corrected chi connectivity index (χ1v) is 28.2. The van der Waals surface area contributed by atoms with E-state index in [9.17, 15) is 133 Å². The van der Waals surface area contributed by atoms with Crippen molar-refractivity contribution < 1.29 is 209 Å². The molecule has 0 aromatic rings. The molecule has 0 aliphatic carbocycles. The van der Waals surface area contributed by atoms with Crippen molar-refractivity contribution in [1.29, 1.82) is 0 Å². The van der Waals surface area contributed by atoms with E-state index in [-0.39, 0.29) is 0 Å². The first-order chi connectivity index (χ1) is 42.6. The van der Waals surface area contributed by atoms with Crippen LogP contribution >= 0.6 is 0 Å². The lowest BCUT2D eigenvalue weighted by Crippen LogP contribution is -2.68. The quantitative estimate of drug-likeness (QED) is 0.0538. The molecule has 8 rings (SSSR count). The lowest BCUT2D eigenvalue weighted by Gasteiger charge is -2.49. The van der Waals surface area contributed by atoms with Crippen LogP contribution in [0.2, 0.25) is 0 Å². The smallest absolute Gasteiger partial charge is 0.189 e. The van der Waals surface area contributed by atoms with E-state index in [1.165, 1.54) is 0 Å². The zero-order chi connectivity index (χ0) is 66.7. The lowest BCUT2D eigenvalue weighted by molar-refractivity contribution is -0.396. The number of rotatable bonds is 20. The van der Waals surface area contributed by atoms with E-state index in [0.29, 0.717) is 0 Å². The maximum atomic E-state index is 11.2. The molecule has 8 aliphatic heterocycles. The summed E-state index contributed by atoms with van der Waals surface area (Å²) in [7, 11) is 0. The van der Waals surface area contributed by atoms with Crippen LogP contribution in [0.5, 0.6) is 0 Å². The Morgan fingerprint density at radius 3 is 0.544 bits per heavy atom. The highest BCUT2D eigenvalue weighted by molar-refractivity contribution is 5.01. The highest BCUT2D eigenvalue weighted by Crippen LogP contribution is 2.37. The molecule has 0 spiro atoms. The molecule has 0 amide bonds. The maximum Gasteiger partial charge on any atom is 0.189 e. The Labute approximate surface area is 507 Å². The molecule has 90 heavy (non-hydrogen) atoms. The van der Waals surface area contributed by atoms with Crippen LogP contribution in [0.4, 0.5) is 0 Å². The van der Waals surface area contributed by atoms with Crippen molar-refractivity contribution in [2.24, 2.45) is 0 Å². The van der Waals surface area contributed by atoms with Crippen molar-refractivity contribution in [3.05, 3.63) is 0 Å². The zero-order valence-electron chi connectivity index (χ0n) is 47.0. The molecule has 528 valence electrons. The van der Waals surface area contributed by atoms with Gasteiger partial charge in [0.05, 0.1) is 52.9 Å². The molecule has 42 nitrogen and oxygen atoms in total. The van der Waals surface area contributed by atoms with Crippen LogP contribution in [0.15, 0.2) is 0 Å². The average molecular weight is 1330 g/mol. The average Bonchev–Trinajstić information content (AvgIpc) is 0.818. The monoisotopic (exact) mass is 1330 g/mol. The summed E-state index contributed by atoms with van der Waals surface area (Å²) in [4.78, 5) is 0. The summed E-state index contributed by atoms with van der Waals surface area (Å²) in [6, 6.07) is 0. The highest BCUT2D eigenvalue weighted by atomic mass is 16.8. The summed E-state index contributed by atoms with van der Waals surface area (Å²) >= 11 is 0. The lowest BCUT2D eigenvalue weighted by atomic mass is 9.95. The summed E-state index contributed by atoms with van der Waals surface area (Å²) in [6.45, 7) is -7.00. The largest absolute Gasteiger partial charge is 0.394 e. The number of hydrogen-bond acceptors (Lipinski definition) is 42. The fourth-order valence-electron chi connectivity index (χ4n) is 11.0. The van der Waals surface area contributed by atoms with Gasteiger partial charge in [0.1, 0.15) is 195 Å². The van der Waals surface area contributed by atoms with E-state index < -0.39 is 299 Å². The van der Waals surface area contributed by atoms with Crippen molar-refractivity contribution in [3.63, 3.8) is 0 Å². The molecule has 8 fully saturated rings. The summed E-state index contributed by atoms with van der Waals surface area (Å²) in [6.07, 6.45) is -72.1. The molecule has 0 unspecified atom stereocenters. The molecule has 28 N–H and O–H groups in total. The van der Waals surface area contributed by atoms with Gasteiger partial charge >= 0.3 is 0 Å². The van der Waals surface area contributed by atoms with Crippen LogP contribution in [-0.2, 0) is 66.3 Å². The standard InChI is InChI=1S/C36H62O31.C12H22O11/c37-1-7-13(43)14(44)21(51)32(58-7)64-27-9(3-39)60-34(23(53)16(27)46)66-29-11(5-41)62-36(25(55)18(29)48)67-30-12(6-42)61-35(24(54)19(30)49)65-28-10(4-40)59-33(22(52)17(28)47)63-26-8(2-38)57-31(56)20(50)15(26)45;13-1-3-5(15)7(17)9(19)11(21-3)23-12-10(20)8(18)6(16)4(2-14)22-12/h7-56H,1-6H2;3-20H,1-2H2/t7-,8-,9-,10-,11-,12-,13-,14+,15-,16-,17-,18-,19-,20-,21-,22-,23-,24-,25-,26-,27-,28-,29-,30-,31+,32-,33-,34-,35-,36-;3-,4-,5-,6-,7+,8+,9-,10-,11-,12-/m11/s1. The second-order valence-electron chi connectivity index (χ2n) is 22.3. The van der Waals surface area contributed by atoms with Gasteiger partial charge in [-0.2, -0.15) is 0 Å². The third-order valence-electron chi connectivity index (χ3n) is 16.4. The molecular weight excluding hydrogens is 1250 g/mol. The van der Waals surface area contributed by atoms with E-state index in [1.54, 1.807) is 0 Å². The zero-order valence-corrected chi connectivity index (χ0v) is 47.0. The Morgan fingerprint density at radius 2 is 0.333 bits per heavy atom. The molecule has 8 aliphatic rings. The number of aliphatic hydroxyl groups excluding tert-OH is 28. The fourth-order valence-corrected chi connectivity index (χ4v) is 11.0. The third kappa shape index (κ3) is 16.0. The minimum absolute atomic E-state index is 0.667. The van der Waals surface area contributed by atoms with Crippen LogP contribution in [-0.4, -0.2) is 441 Å². The predicted octanol–water partition coefficient (Wildman–Crippen LogP) is -19.5. The van der Waals surface area contributed by atoms with Gasteiger partial charge in [0.15, 0.2) is 50.3 Å². The van der Waals surface area contributed by atoms with Gasteiger partial charge in [-0.1, -0.05) is 0 Å². The van der Waals surface area contributed by atoms with E-state index >= 15 is 0 Å². The molecule has 0 radical (unpaired) electrons. The molecule has 0 aromatic heterocycles. The van der Waals surface area contributed by atoms with Gasteiger partial charge in [-0.05, 0) is 0 Å². The van der Waals surface area contributed by atoms with E-state index in [4.69, 9.17) is 76.5 Å². The highest BCUT2D eigenvalue weighted by Gasteiger charge is 2.58. The first-order valence-electron chi connectivity index (χ1n) is 28.2. The molecule has 8 heterocycles. The van der Waals surface area contributed by atoms with Crippen molar-refractivity contribution in [2.45, 2.75) is 246 Å². The van der Waals surface area contributed by atoms with Gasteiger partial charge in [-0.15, -0.1) is 0 Å². The van der Waals surface area contributed by atoms with Gasteiger partial charge in [-0.3, -0.25) is 0 Å². The SMILES string of the molecule is OC[C@H]1O[C@H](O[C@H]2O[C@H](CO)[C@@H](O)[C@H](O)[C@H]2O)[C@H](O)[C@@H](O)[C@@H]1O.OC[C@H]1O[C@H](O[C@H]2[C@H](O)[C@@H](O)[C@@H](O[C@H]3[C@H](O)[C@@H](O)[C@@H](O[C@H]4[C@H](O)[C@@H](O)[C@@H](O[C@H]5[C@H](O)[C@@H](O)[C@@H](O[C@H]6[C@H](O)[C@@H](O)[C@@H](O)O[C@@H]6CO)O[C@@H]5CO)O[C@@H]4CO)O[C@@H]3CO)O[C@@H]2CO)[C@H](O)[C@@H](O)[C@@H]1O. The van der Waals surface area contributed by atoms with Gasteiger partial charge in [0.25, 0.3) is 0 Å². The van der Waals surface area contributed by atoms with E-state index in [0.717, 1.165) is 0 Å². The van der Waals surface area contributed by atoms with Gasteiger partial charge in [0.2, 0.25) is 0 Å². The Balaban J connectivity index is 0.000000419. The van der Waals surface area contributed by atoms with Gasteiger partial charge in [-0.25, -0.2) is 0 Å². The molecule has 0 saturated carbocycles. The predicted molar refractivity (Wildman–Crippen MR) is 268 cm³/mol. The number of hydrogen-bond donors (Lipinski definition) is 28. The first kappa shape index (κ1) is 75.7. The van der Waals surface area contributed by atoms with Crippen molar-refractivity contribution in [3.8, 4) is 0 Å². The van der Waals surface area contributed by atoms with Crippen LogP contribution in [0, 0.1) is 0 Å². The van der Waals surface area contributed by atoms with Crippen LogP contribution in [0.1, 0.15) is 0 Å². The Morgan fingerprint density at radius 1 is 0.167 bits per heavy atom. The molecule has 0 aromatic carbocycles. The summed E-state index contributed by atoms with van der Waals surface area (Å²) < 4.78 is 75.8. The van der Waals surface area contributed by atoms with Crippen molar-refractivity contribution >= 4 is 0 Å². The third-order valence-corrected chi connectivity index (χ3v) is 16.4. The minimum Gasteiger partial charge on any atom is -0.394 e. The van der Waals surface area contributed by atoms with Crippen molar-refractivity contribution in [2.75, 3.05) is 52.9 Å². The van der Waals surface area contributed by atoms with E-state index in [2.05, 4.69) is 0 Å². The fraction of sp³-hybridized carbons (Fsp3) is 1.00. The van der Waals surface area contributed by atoms with Crippen LogP contribution in [0.25, 0.3) is 0 Å². The van der Waals surface area contributed by atoms with Crippen LogP contribution in [0.3, 0.4) is 0 Å². The molecule has 40 atom stereocenters. The molecular formula is C48H84O42. The summed E-state index contributed by atoms with van der Waals surface area (Å²) in [5.41, 5.74) is 0. The maximum absolute atomic E-state index is 11.2. The minimum atomic E-state index is -2.18.